The molecule has 154 valence electrons. The number of alkyl halides is 3. The molecule has 0 aromatic heterocycles. The van der Waals surface area contributed by atoms with Crippen LogP contribution in [-0.4, -0.2) is 41.0 Å². The standard InChI is InChI=1S/C21H26F3NO3/c1-13-5-15(7-17(6-13)28-21(22,23)24)14-3-4-20(10-14)11-25(12-20)18(26)16-8-19(2,27)9-16/h5-7,14,16,27H,3-4,8-12H2,1-2H3/t14?,16-,19+. The molecule has 4 nitrogen and oxygen atoms in total. The van der Waals surface area contributed by atoms with Crippen LogP contribution in [0, 0.1) is 18.3 Å². The molecule has 1 unspecified atom stereocenters. The fourth-order valence-electron chi connectivity index (χ4n) is 5.34. The van der Waals surface area contributed by atoms with E-state index in [1.165, 1.54) is 12.1 Å². The van der Waals surface area contributed by atoms with E-state index in [1.807, 2.05) is 11.0 Å². The molecule has 2 aliphatic carbocycles. The second kappa shape index (κ2) is 6.37. The maximum Gasteiger partial charge on any atom is 0.573 e. The third kappa shape index (κ3) is 3.86. The number of rotatable bonds is 3. The van der Waals surface area contributed by atoms with Gasteiger partial charge in [-0.3, -0.25) is 4.79 Å². The Kier molecular flexibility index (Phi) is 4.45. The summed E-state index contributed by atoms with van der Waals surface area (Å²) in [6.45, 7) is 4.97. The summed E-state index contributed by atoms with van der Waals surface area (Å²) in [7, 11) is 0. The van der Waals surface area contributed by atoms with Gasteiger partial charge in [-0.05, 0) is 75.1 Å². The van der Waals surface area contributed by atoms with Crippen LogP contribution in [0.3, 0.4) is 0 Å². The van der Waals surface area contributed by atoms with Crippen molar-refractivity contribution in [2.24, 2.45) is 11.3 Å². The predicted octanol–water partition coefficient (Wildman–Crippen LogP) is 4.15. The molecule has 2 saturated carbocycles. The van der Waals surface area contributed by atoms with Gasteiger partial charge in [0.15, 0.2) is 0 Å². The summed E-state index contributed by atoms with van der Waals surface area (Å²) in [5.41, 5.74) is 1.01. The average Bonchev–Trinajstić information content (AvgIpc) is 2.93. The number of hydrogen-bond acceptors (Lipinski definition) is 3. The molecule has 1 aromatic rings. The van der Waals surface area contributed by atoms with Gasteiger partial charge >= 0.3 is 6.36 Å². The number of benzene rings is 1. The molecule has 3 aliphatic rings. The van der Waals surface area contributed by atoms with Crippen molar-refractivity contribution < 1.29 is 27.8 Å². The number of carbonyl (C=O) groups is 1. The predicted molar refractivity (Wildman–Crippen MR) is 96.8 cm³/mol. The Balaban J connectivity index is 1.37. The Labute approximate surface area is 162 Å². The lowest BCUT2D eigenvalue weighted by Crippen LogP contribution is -2.61. The van der Waals surface area contributed by atoms with Crippen LogP contribution in [0.2, 0.25) is 0 Å². The number of likely N-dealkylation sites (tertiary alicyclic amines) is 1. The molecule has 1 spiro atoms. The number of ether oxygens (including phenoxy) is 1. The Hall–Kier alpha value is -1.76. The minimum Gasteiger partial charge on any atom is -0.406 e. The van der Waals surface area contributed by atoms with Gasteiger partial charge in [-0.15, -0.1) is 13.2 Å². The van der Waals surface area contributed by atoms with Crippen LogP contribution in [-0.2, 0) is 4.79 Å². The van der Waals surface area contributed by atoms with E-state index in [4.69, 9.17) is 0 Å². The molecule has 0 radical (unpaired) electrons. The first kappa shape index (κ1) is 19.6. The van der Waals surface area contributed by atoms with E-state index < -0.39 is 12.0 Å². The van der Waals surface area contributed by atoms with Crippen LogP contribution < -0.4 is 4.74 Å². The maximum atomic E-state index is 12.6. The molecule has 1 aromatic carbocycles. The monoisotopic (exact) mass is 397 g/mol. The molecule has 28 heavy (non-hydrogen) atoms. The highest BCUT2D eigenvalue weighted by Gasteiger charge is 2.53. The summed E-state index contributed by atoms with van der Waals surface area (Å²) in [6.07, 6.45) is -0.855. The zero-order chi connectivity index (χ0) is 20.3. The summed E-state index contributed by atoms with van der Waals surface area (Å²) >= 11 is 0. The molecule has 1 N–H and O–H groups in total. The first-order valence-corrected chi connectivity index (χ1v) is 9.82. The van der Waals surface area contributed by atoms with Gasteiger partial charge < -0.3 is 14.7 Å². The fraction of sp³-hybridized carbons (Fsp3) is 0.667. The van der Waals surface area contributed by atoms with Crippen LogP contribution in [0.1, 0.15) is 56.1 Å². The first-order valence-electron chi connectivity index (χ1n) is 9.82. The summed E-state index contributed by atoms with van der Waals surface area (Å²) in [6, 6.07) is 4.84. The number of carbonyl (C=O) groups excluding carboxylic acids is 1. The summed E-state index contributed by atoms with van der Waals surface area (Å²) < 4.78 is 41.8. The zero-order valence-electron chi connectivity index (χ0n) is 16.2. The summed E-state index contributed by atoms with van der Waals surface area (Å²) in [4.78, 5) is 14.4. The van der Waals surface area contributed by atoms with Crippen molar-refractivity contribution in [2.75, 3.05) is 13.1 Å². The Morgan fingerprint density at radius 3 is 2.50 bits per heavy atom. The molecule has 0 bridgehead atoms. The highest BCUT2D eigenvalue weighted by atomic mass is 19.4. The number of amides is 1. The number of hydrogen-bond donors (Lipinski definition) is 1. The van der Waals surface area contributed by atoms with Gasteiger partial charge in [0.25, 0.3) is 0 Å². The second-order valence-corrected chi connectivity index (χ2v) is 9.36. The largest absolute Gasteiger partial charge is 0.573 e. The number of halogens is 3. The molecule has 1 aliphatic heterocycles. The minimum atomic E-state index is -4.69. The lowest BCUT2D eigenvalue weighted by atomic mass is 9.69. The average molecular weight is 397 g/mol. The van der Waals surface area contributed by atoms with Crippen molar-refractivity contribution >= 4 is 5.91 Å². The summed E-state index contributed by atoms with van der Waals surface area (Å²) in [5, 5.41) is 9.83. The number of aliphatic hydroxyl groups is 1. The summed E-state index contributed by atoms with van der Waals surface area (Å²) in [5.74, 6) is 0.100. The van der Waals surface area contributed by atoms with E-state index in [-0.39, 0.29) is 28.9 Å². The van der Waals surface area contributed by atoms with E-state index in [0.29, 0.717) is 12.8 Å². The minimum absolute atomic E-state index is 0.0663. The quantitative estimate of drug-likeness (QED) is 0.834. The Bertz CT molecular complexity index is 776. The molecular formula is C21H26F3NO3. The third-order valence-electron chi connectivity index (χ3n) is 6.57. The normalized spacial score (nSPS) is 31.4. The van der Waals surface area contributed by atoms with Gasteiger partial charge in [-0.25, -0.2) is 0 Å². The van der Waals surface area contributed by atoms with Crippen molar-refractivity contribution in [1.29, 1.82) is 0 Å². The topological polar surface area (TPSA) is 49.8 Å². The number of nitrogens with zero attached hydrogens (tertiary/aromatic N) is 1. The molecule has 7 heteroatoms. The molecule has 3 fully saturated rings. The maximum absolute atomic E-state index is 12.6. The highest BCUT2D eigenvalue weighted by Crippen LogP contribution is 2.53. The van der Waals surface area contributed by atoms with E-state index in [9.17, 15) is 23.1 Å². The van der Waals surface area contributed by atoms with E-state index >= 15 is 0 Å². The van der Waals surface area contributed by atoms with Crippen molar-refractivity contribution in [2.45, 2.75) is 63.8 Å². The van der Waals surface area contributed by atoms with Gasteiger partial charge in [0, 0.05) is 24.4 Å². The second-order valence-electron chi connectivity index (χ2n) is 9.36. The fourth-order valence-corrected chi connectivity index (χ4v) is 5.34. The SMILES string of the molecule is Cc1cc(OC(F)(F)F)cc(C2CCC3(C2)CN(C(=O)[C@H]2C[C@@](C)(O)C2)C3)c1. The van der Waals surface area contributed by atoms with Gasteiger partial charge in [-0.2, -0.15) is 0 Å². The van der Waals surface area contributed by atoms with Crippen LogP contribution >= 0.6 is 0 Å². The van der Waals surface area contributed by atoms with Crippen LogP contribution in [0.5, 0.6) is 5.75 Å². The smallest absolute Gasteiger partial charge is 0.406 e. The van der Waals surface area contributed by atoms with Gasteiger partial charge in [0.2, 0.25) is 5.91 Å². The molecule has 1 heterocycles. The molecular weight excluding hydrogens is 371 g/mol. The van der Waals surface area contributed by atoms with Crippen LogP contribution in [0.15, 0.2) is 18.2 Å². The van der Waals surface area contributed by atoms with Crippen molar-refractivity contribution in [3.05, 3.63) is 29.3 Å². The lowest BCUT2D eigenvalue weighted by Gasteiger charge is -2.52. The van der Waals surface area contributed by atoms with Gasteiger partial charge in [0.05, 0.1) is 5.60 Å². The van der Waals surface area contributed by atoms with Crippen molar-refractivity contribution in [3.63, 3.8) is 0 Å². The van der Waals surface area contributed by atoms with E-state index in [2.05, 4.69) is 4.74 Å². The molecule has 4 rings (SSSR count). The Morgan fingerprint density at radius 2 is 1.89 bits per heavy atom. The highest BCUT2D eigenvalue weighted by molar-refractivity contribution is 5.81. The third-order valence-corrected chi connectivity index (χ3v) is 6.57. The van der Waals surface area contributed by atoms with Gasteiger partial charge in [0.1, 0.15) is 5.75 Å². The van der Waals surface area contributed by atoms with E-state index in [0.717, 1.165) is 43.5 Å². The van der Waals surface area contributed by atoms with Crippen LogP contribution in [0.4, 0.5) is 13.2 Å². The van der Waals surface area contributed by atoms with Crippen molar-refractivity contribution in [1.82, 2.24) is 4.90 Å². The molecule has 1 amide bonds. The number of aryl methyl sites for hydroxylation is 1. The van der Waals surface area contributed by atoms with E-state index in [1.54, 1.807) is 13.8 Å². The lowest BCUT2D eigenvalue weighted by molar-refractivity contribution is -0.274. The molecule has 1 saturated heterocycles. The zero-order valence-corrected chi connectivity index (χ0v) is 16.2. The van der Waals surface area contributed by atoms with Gasteiger partial charge in [-0.1, -0.05) is 6.07 Å². The Morgan fingerprint density at radius 1 is 1.21 bits per heavy atom. The molecule has 1 atom stereocenters. The van der Waals surface area contributed by atoms with Crippen molar-refractivity contribution in [3.8, 4) is 5.75 Å². The first-order chi connectivity index (χ1) is 12.9. The van der Waals surface area contributed by atoms with Crippen LogP contribution in [0.25, 0.3) is 0 Å².